The molecule has 7 heteroatoms. The molecule has 0 radical (unpaired) electrons. The lowest BCUT2D eigenvalue weighted by atomic mass is 10.2. The van der Waals surface area contributed by atoms with Gasteiger partial charge in [-0.05, 0) is 50.5 Å². The molecule has 1 aliphatic rings. The Morgan fingerprint density at radius 2 is 2.22 bits per heavy atom. The van der Waals surface area contributed by atoms with Crippen LogP contribution in [0.1, 0.15) is 37.1 Å². The minimum atomic E-state index is -0.0321. The van der Waals surface area contributed by atoms with E-state index in [0.29, 0.717) is 11.7 Å². The number of aromatic nitrogens is 3. The largest absolute Gasteiger partial charge is 0.325 e. The van der Waals surface area contributed by atoms with Crippen molar-refractivity contribution in [3.8, 4) is 0 Å². The summed E-state index contributed by atoms with van der Waals surface area (Å²) in [5.41, 5.74) is 1.90. The summed E-state index contributed by atoms with van der Waals surface area (Å²) in [7, 11) is 0. The minimum absolute atomic E-state index is 0.0321. The second kappa shape index (κ2) is 7.05. The molecule has 23 heavy (non-hydrogen) atoms. The number of carbonyl (C=O) groups excluding carboxylic acids is 1. The van der Waals surface area contributed by atoms with Crippen LogP contribution in [-0.4, -0.2) is 26.4 Å². The van der Waals surface area contributed by atoms with E-state index in [0.717, 1.165) is 33.2 Å². The van der Waals surface area contributed by atoms with Gasteiger partial charge in [-0.15, -0.1) is 10.2 Å². The number of anilines is 1. The van der Waals surface area contributed by atoms with E-state index in [1.54, 1.807) is 0 Å². The van der Waals surface area contributed by atoms with Crippen molar-refractivity contribution in [2.75, 3.05) is 11.1 Å². The van der Waals surface area contributed by atoms with Crippen molar-refractivity contribution >= 4 is 39.3 Å². The monoisotopic (exact) mass is 394 g/mol. The highest BCUT2D eigenvalue weighted by Crippen LogP contribution is 2.39. The van der Waals surface area contributed by atoms with Crippen molar-refractivity contribution < 1.29 is 4.79 Å². The van der Waals surface area contributed by atoms with Gasteiger partial charge in [0.15, 0.2) is 5.16 Å². The van der Waals surface area contributed by atoms with Crippen molar-refractivity contribution in [3.63, 3.8) is 0 Å². The summed E-state index contributed by atoms with van der Waals surface area (Å²) in [6, 6.07) is 5.78. The Morgan fingerprint density at radius 1 is 1.43 bits per heavy atom. The van der Waals surface area contributed by atoms with E-state index in [4.69, 9.17) is 0 Å². The van der Waals surface area contributed by atoms with E-state index in [-0.39, 0.29) is 5.91 Å². The van der Waals surface area contributed by atoms with E-state index in [1.165, 1.54) is 24.6 Å². The first-order valence-electron chi connectivity index (χ1n) is 7.70. The van der Waals surface area contributed by atoms with E-state index in [2.05, 4.69) is 42.9 Å². The molecule has 2 aromatic rings. The van der Waals surface area contributed by atoms with Crippen molar-refractivity contribution in [2.24, 2.45) is 0 Å². The molecule has 1 fully saturated rings. The zero-order valence-electron chi connectivity index (χ0n) is 13.2. The number of thioether (sulfide) groups is 1. The average molecular weight is 395 g/mol. The molecule has 0 bridgehead atoms. The Morgan fingerprint density at radius 3 is 2.87 bits per heavy atom. The van der Waals surface area contributed by atoms with Crippen LogP contribution in [0.3, 0.4) is 0 Å². The molecule has 1 heterocycles. The summed E-state index contributed by atoms with van der Waals surface area (Å²) in [5.74, 6) is 1.93. The number of carbonyl (C=O) groups is 1. The summed E-state index contributed by atoms with van der Waals surface area (Å²) in [6.07, 6.45) is 2.40. The molecule has 1 aromatic carbocycles. The fraction of sp³-hybridized carbons (Fsp3) is 0.438. The van der Waals surface area contributed by atoms with Gasteiger partial charge in [0.05, 0.1) is 5.75 Å². The Labute approximate surface area is 148 Å². The van der Waals surface area contributed by atoms with Crippen molar-refractivity contribution in [1.29, 1.82) is 0 Å². The highest BCUT2D eigenvalue weighted by Gasteiger charge is 2.30. The topological polar surface area (TPSA) is 59.8 Å². The summed E-state index contributed by atoms with van der Waals surface area (Å²) in [4.78, 5) is 12.1. The number of aryl methyl sites for hydroxylation is 1. The summed E-state index contributed by atoms with van der Waals surface area (Å²) < 4.78 is 3.16. The van der Waals surface area contributed by atoms with Gasteiger partial charge in [-0.1, -0.05) is 27.7 Å². The normalized spacial score (nSPS) is 14.0. The first kappa shape index (κ1) is 16.5. The number of nitrogens with zero attached hydrogens (tertiary/aromatic N) is 3. The summed E-state index contributed by atoms with van der Waals surface area (Å²) in [5, 5.41) is 12.3. The number of hydrogen-bond acceptors (Lipinski definition) is 4. The fourth-order valence-electron chi connectivity index (χ4n) is 2.40. The van der Waals surface area contributed by atoms with E-state index in [1.807, 2.05) is 25.1 Å². The number of benzene rings is 1. The lowest BCUT2D eigenvalue weighted by Gasteiger charge is -2.08. The number of halogens is 1. The van der Waals surface area contributed by atoms with Crippen molar-refractivity contribution in [3.05, 3.63) is 34.1 Å². The zero-order valence-corrected chi connectivity index (χ0v) is 15.6. The zero-order chi connectivity index (χ0) is 16.4. The Bertz CT molecular complexity index is 727. The van der Waals surface area contributed by atoms with Crippen LogP contribution in [0.4, 0.5) is 5.69 Å². The maximum atomic E-state index is 12.1. The highest BCUT2D eigenvalue weighted by molar-refractivity contribution is 9.10. The predicted octanol–water partition coefficient (Wildman–Crippen LogP) is 3.98. The molecule has 0 spiro atoms. The number of amides is 1. The van der Waals surface area contributed by atoms with Crippen LogP contribution in [0.2, 0.25) is 0 Å². The standard InChI is InChI=1S/C16H19BrN4OS/c1-3-21-15(11-4-5-11)19-20-16(21)23-9-14(22)18-12-6-7-13(17)10(2)8-12/h6-8,11H,3-5,9H2,1-2H3,(H,18,22). The number of hydrogen-bond donors (Lipinski definition) is 1. The van der Waals surface area contributed by atoms with Gasteiger partial charge in [0.25, 0.3) is 0 Å². The van der Waals surface area contributed by atoms with Gasteiger partial charge in [-0.2, -0.15) is 0 Å². The molecule has 3 rings (SSSR count). The van der Waals surface area contributed by atoms with E-state index in [9.17, 15) is 4.79 Å². The molecular weight excluding hydrogens is 376 g/mol. The van der Waals surface area contributed by atoms with Crippen LogP contribution in [0, 0.1) is 6.92 Å². The van der Waals surface area contributed by atoms with Crippen LogP contribution in [0.15, 0.2) is 27.8 Å². The second-order valence-electron chi connectivity index (χ2n) is 5.66. The smallest absolute Gasteiger partial charge is 0.234 e. The first-order valence-corrected chi connectivity index (χ1v) is 9.48. The summed E-state index contributed by atoms with van der Waals surface area (Å²) in [6.45, 7) is 4.93. The van der Waals surface area contributed by atoms with Crippen LogP contribution in [0.25, 0.3) is 0 Å². The molecule has 1 N–H and O–H groups in total. The predicted molar refractivity (Wildman–Crippen MR) is 95.9 cm³/mol. The quantitative estimate of drug-likeness (QED) is 0.752. The molecule has 1 aliphatic carbocycles. The van der Waals surface area contributed by atoms with Gasteiger partial charge in [-0.3, -0.25) is 4.79 Å². The fourth-order valence-corrected chi connectivity index (χ4v) is 3.45. The Kier molecular flexibility index (Phi) is 5.06. The van der Waals surface area contributed by atoms with Crippen molar-refractivity contribution in [2.45, 2.75) is 44.3 Å². The number of rotatable bonds is 6. The Hall–Kier alpha value is -1.34. The third-order valence-corrected chi connectivity index (χ3v) is 5.63. The Balaban J connectivity index is 1.59. The van der Waals surface area contributed by atoms with E-state index < -0.39 is 0 Å². The third kappa shape index (κ3) is 3.95. The van der Waals surface area contributed by atoms with Gasteiger partial charge in [-0.25, -0.2) is 0 Å². The van der Waals surface area contributed by atoms with Gasteiger partial charge in [0, 0.05) is 22.6 Å². The van der Waals surface area contributed by atoms with Gasteiger partial charge in [0.2, 0.25) is 5.91 Å². The maximum absolute atomic E-state index is 12.1. The van der Waals surface area contributed by atoms with Crippen LogP contribution < -0.4 is 5.32 Å². The van der Waals surface area contributed by atoms with Gasteiger partial charge >= 0.3 is 0 Å². The van der Waals surface area contributed by atoms with Gasteiger partial charge in [0.1, 0.15) is 5.82 Å². The lowest BCUT2D eigenvalue weighted by Crippen LogP contribution is -2.14. The van der Waals surface area contributed by atoms with E-state index >= 15 is 0 Å². The second-order valence-corrected chi connectivity index (χ2v) is 7.46. The maximum Gasteiger partial charge on any atom is 0.234 e. The highest BCUT2D eigenvalue weighted by atomic mass is 79.9. The molecule has 0 unspecified atom stereocenters. The lowest BCUT2D eigenvalue weighted by molar-refractivity contribution is -0.113. The first-order chi connectivity index (χ1) is 11.1. The molecule has 0 aliphatic heterocycles. The molecule has 0 saturated heterocycles. The minimum Gasteiger partial charge on any atom is -0.325 e. The summed E-state index contributed by atoms with van der Waals surface area (Å²) >= 11 is 4.90. The van der Waals surface area contributed by atoms with Crippen LogP contribution >= 0.6 is 27.7 Å². The number of nitrogens with one attached hydrogen (secondary N) is 1. The molecule has 1 amide bonds. The van der Waals surface area contributed by atoms with Crippen LogP contribution in [0.5, 0.6) is 0 Å². The molecule has 0 atom stereocenters. The van der Waals surface area contributed by atoms with Crippen molar-refractivity contribution in [1.82, 2.24) is 14.8 Å². The molecule has 1 aromatic heterocycles. The molecule has 122 valence electrons. The SMILES string of the molecule is CCn1c(SCC(=O)Nc2ccc(Br)c(C)c2)nnc1C1CC1. The molecule has 5 nitrogen and oxygen atoms in total. The molecular formula is C16H19BrN4OS. The van der Waals surface area contributed by atoms with Gasteiger partial charge < -0.3 is 9.88 Å². The average Bonchev–Trinajstić information content (AvgIpc) is 3.29. The van der Waals surface area contributed by atoms with Crippen LogP contribution in [-0.2, 0) is 11.3 Å². The molecule has 1 saturated carbocycles. The third-order valence-electron chi connectivity index (χ3n) is 3.78.